The van der Waals surface area contributed by atoms with Gasteiger partial charge in [-0.1, -0.05) is 6.07 Å². The lowest BCUT2D eigenvalue weighted by Crippen LogP contribution is -3.00. The van der Waals surface area contributed by atoms with Crippen molar-refractivity contribution in [1.82, 2.24) is 0 Å². The standard InChI is InChI=1S/C14H14F3NO3.ClH/c15-14(16,17)21-11-3-1-2-10-12(11)9(19)8-13(20-10)4-6-18-7-5-13;/h1-3,18H,4-8H2;1H. The van der Waals surface area contributed by atoms with Gasteiger partial charge in [-0.25, -0.2) is 0 Å². The summed E-state index contributed by atoms with van der Waals surface area (Å²) in [6.07, 6.45) is -3.30. The van der Waals surface area contributed by atoms with Crippen LogP contribution in [0.1, 0.15) is 29.6 Å². The highest BCUT2D eigenvalue weighted by Gasteiger charge is 2.44. The molecule has 8 heteroatoms. The second-order valence-electron chi connectivity index (χ2n) is 5.43. The first kappa shape index (κ1) is 16.9. The Morgan fingerprint density at radius 2 is 1.91 bits per heavy atom. The highest BCUT2D eigenvalue weighted by molar-refractivity contribution is 6.02. The molecule has 1 aromatic rings. The number of ketones is 1. The fourth-order valence-electron chi connectivity index (χ4n) is 3.01. The summed E-state index contributed by atoms with van der Waals surface area (Å²) in [7, 11) is 0. The minimum Gasteiger partial charge on any atom is -1.00 e. The van der Waals surface area contributed by atoms with Gasteiger partial charge in [-0.3, -0.25) is 4.79 Å². The monoisotopic (exact) mass is 337 g/mol. The molecule has 0 unspecified atom stereocenters. The Morgan fingerprint density at radius 3 is 2.55 bits per heavy atom. The zero-order valence-corrected chi connectivity index (χ0v) is 12.3. The van der Waals surface area contributed by atoms with Crippen molar-refractivity contribution < 1.29 is 45.2 Å². The molecule has 1 aromatic carbocycles. The molecule has 0 aliphatic carbocycles. The van der Waals surface area contributed by atoms with Crippen molar-refractivity contribution >= 4 is 5.78 Å². The van der Waals surface area contributed by atoms with Crippen LogP contribution < -0.4 is 27.2 Å². The van der Waals surface area contributed by atoms with Gasteiger partial charge in [0.1, 0.15) is 22.7 Å². The van der Waals surface area contributed by atoms with Gasteiger partial charge in [0.25, 0.3) is 0 Å². The number of ether oxygens (including phenoxy) is 2. The fourth-order valence-corrected chi connectivity index (χ4v) is 3.01. The zero-order chi connectivity index (χ0) is 15.1. The number of hydrogen-bond donors (Lipinski definition) is 1. The van der Waals surface area contributed by atoms with Crippen LogP contribution in [-0.4, -0.2) is 30.8 Å². The summed E-state index contributed by atoms with van der Waals surface area (Å²) in [4.78, 5) is 12.3. The van der Waals surface area contributed by atoms with E-state index in [-0.39, 0.29) is 35.9 Å². The van der Waals surface area contributed by atoms with Gasteiger partial charge in [0.15, 0.2) is 5.78 Å². The van der Waals surface area contributed by atoms with Crippen molar-refractivity contribution in [1.29, 1.82) is 0 Å². The van der Waals surface area contributed by atoms with E-state index in [1.807, 2.05) is 0 Å². The SMILES string of the molecule is O=C1CC2(CC[NH2+]CC2)Oc2cccc(OC(F)(F)F)c21.[Cl-]. The zero-order valence-electron chi connectivity index (χ0n) is 11.6. The summed E-state index contributed by atoms with van der Waals surface area (Å²) in [5.74, 6) is -0.643. The van der Waals surface area contributed by atoms with Gasteiger partial charge in [-0.15, -0.1) is 13.2 Å². The predicted octanol–water partition coefficient (Wildman–Crippen LogP) is -1.35. The van der Waals surface area contributed by atoms with Crippen LogP contribution in [0.2, 0.25) is 0 Å². The number of nitrogens with two attached hydrogens (primary N) is 1. The first-order valence-corrected chi connectivity index (χ1v) is 6.81. The van der Waals surface area contributed by atoms with Crippen LogP contribution >= 0.6 is 0 Å². The van der Waals surface area contributed by atoms with E-state index in [2.05, 4.69) is 10.1 Å². The van der Waals surface area contributed by atoms with Crippen molar-refractivity contribution in [2.45, 2.75) is 31.2 Å². The van der Waals surface area contributed by atoms with Crippen LogP contribution in [0.3, 0.4) is 0 Å². The van der Waals surface area contributed by atoms with Gasteiger partial charge in [0, 0.05) is 12.8 Å². The molecule has 2 N–H and O–H groups in total. The summed E-state index contributed by atoms with van der Waals surface area (Å²) in [6.45, 7) is 1.70. The third-order valence-electron chi connectivity index (χ3n) is 3.91. The molecule has 0 radical (unpaired) electrons. The number of alkyl halides is 3. The van der Waals surface area contributed by atoms with E-state index in [9.17, 15) is 18.0 Å². The lowest BCUT2D eigenvalue weighted by atomic mass is 9.83. The Bertz CT molecular complexity index is 571. The third-order valence-corrected chi connectivity index (χ3v) is 3.91. The Morgan fingerprint density at radius 1 is 1.23 bits per heavy atom. The molecule has 0 amide bonds. The molecule has 1 fully saturated rings. The molecule has 22 heavy (non-hydrogen) atoms. The predicted molar refractivity (Wildman–Crippen MR) is 66.3 cm³/mol. The van der Waals surface area contributed by atoms with E-state index in [4.69, 9.17) is 4.74 Å². The smallest absolute Gasteiger partial charge is 0.573 e. The molecular weight excluding hydrogens is 323 g/mol. The van der Waals surface area contributed by atoms with Crippen LogP contribution in [0.4, 0.5) is 13.2 Å². The van der Waals surface area contributed by atoms with Gasteiger partial charge in [0.05, 0.1) is 19.5 Å². The number of piperidine rings is 1. The first-order valence-electron chi connectivity index (χ1n) is 6.81. The van der Waals surface area contributed by atoms with Gasteiger partial charge >= 0.3 is 6.36 Å². The van der Waals surface area contributed by atoms with Crippen molar-refractivity contribution in [2.24, 2.45) is 0 Å². The lowest BCUT2D eigenvalue weighted by molar-refractivity contribution is -0.667. The minimum absolute atomic E-state index is 0. The van der Waals surface area contributed by atoms with E-state index < -0.39 is 17.7 Å². The number of benzene rings is 1. The number of Topliss-reactive ketones (excluding diaryl/α,β-unsaturated/α-hetero) is 1. The Kier molecular flexibility index (Phi) is 4.58. The maximum atomic E-state index is 12.4. The summed E-state index contributed by atoms with van der Waals surface area (Å²) >= 11 is 0. The van der Waals surface area contributed by atoms with Gasteiger partial charge in [-0.05, 0) is 12.1 Å². The normalized spacial score (nSPS) is 19.9. The van der Waals surface area contributed by atoms with E-state index in [1.54, 1.807) is 0 Å². The maximum Gasteiger partial charge on any atom is 0.573 e. The molecule has 2 aliphatic rings. The van der Waals surface area contributed by atoms with Crippen LogP contribution in [0.5, 0.6) is 11.5 Å². The van der Waals surface area contributed by atoms with Crippen molar-refractivity contribution in [2.75, 3.05) is 13.1 Å². The van der Waals surface area contributed by atoms with Crippen molar-refractivity contribution in [3.05, 3.63) is 23.8 Å². The number of hydrogen-bond acceptors (Lipinski definition) is 3. The number of carbonyl (C=O) groups excluding carboxylic acids is 1. The van der Waals surface area contributed by atoms with Crippen LogP contribution in [0, 0.1) is 0 Å². The largest absolute Gasteiger partial charge is 1.00 e. The third kappa shape index (κ3) is 3.30. The van der Waals surface area contributed by atoms with Gasteiger partial charge < -0.3 is 27.2 Å². The summed E-state index contributed by atoms with van der Waals surface area (Å²) in [5, 5.41) is 2.14. The second kappa shape index (κ2) is 5.96. The molecule has 4 nitrogen and oxygen atoms in total. The van der Waals surface area contributed by atoms with Crippen molar-refractivity contribution in [3.8, 4) is 11.5 Å². The quantitative estimate of drug-likeness (QED) is 0.689. The number of halogens is 4. The number of fused-ring (bicyclic) bond motifs is 1. The number of quaternary nitrogens is 1. The molecule has 1 saturated heterocycles. The van der Waals surface area contributed by atoms with E-state index in [1.165, 1.54) is 12.1 Å². The average Bonchev–Trinajstić information content (AvgIpc) is 2.37. The fraction of sp³-hybridized carbons (Fsp3) is 0.500. The molecule has 0 saturated carbocycles. The molecule has 2 heterocycles. The number of carbonyl (C=O) groups is 1. The molecule has 0 atom stereocenters. The Balaban J connectivity index is 0.00000176. The molecule has 122 valence electrons. The average molecular weight is 338 g/mol. The lowest BCUT2D eigenvalue weighted by Gasteiger charge is -2.39. The number of rotatable bonds is 1. The van der Waals surface area contributed by atoms with Crippen LogP contribution in [0.25, 0.3) is 0 Å². The Labute approximate surface area is 131 Å². The van der Waals surface area contributed by atoms with Gasteiger partial charge in [0.2, 0.25) is 0 Å². The van der Waals surface area contributed by atoms with Crippen LogP contribution in [-0.2, 0) is 0 Å². The highest BCUT2D eigenvalue weighted by Crippen LogP contribution is 2.42. The molecule has 0 bridgehead atoms. The van der Waals surface area contributed by atoms with Crippen molar-refractivity contribution in [3.63, 3.8) is 0 Å². The highest BCUT2D eigenvalue weighted by atomic mass is 35.5. The van der Waals surface area contributed by atoms with E-state index in [0.29, 0.717) is 12.8 Å². The molecule has 0 aromatic heterocycles. The summed E-state index contributed by atoms with van der Waals surface area (Å²) < 4.78 is 47.1. The topological polar surface area (TPSA) is 52.1 Å². The van der Waals surface area contributed by atoms with E-state index >= 15 is 0 Å². The van der Waals surface area contributed by atoms with E-state index in [0.717, 1.165) is 19.2 Å². The van der Waals surface area contributed by atoms with Gasteiger partial charge in [-0.2, -0.15) is 0 Å². The molecule has 2 aliphatic heterocycles. The Hall–Kier alpha value is -1.47. The second-order valence-corrected chi connectivity index (χ2v) is 5.43. The minimum atomic E-state index is -4.83. The summed E-state index contributed by atoms with van der Waals surface area (Å²) in [6, 6.07) is 4.07. The summed E-state index contributed by atoms with van der Waals surface area (Å²) in [5.41, 5.74) is -0.676. The first-order chi connectivity index (χ1) is 9.89. The van der Waals surface area contributed by atoms with Crippen LogP contribution in [0.15, 0.2) is 18.2 Å². The molecular formula is C14H15ClF3NO3. The molecule has 3 rings (SSSR count). The maximum absolute atomic E-state index is 12.4. The molecule has 1 spiro atoms.